The topological polar surface area (TPSA) is 29.3 Å². The molecule has 3 heteroatoms. The molecule has 0 bridgehead atoms. The van der Waals surface area contributed by atoms with Crippen LogP contribution in [-0.4, -0.2) is 24.0 Å². The van der Waals surface area contributed by atoms with E-state index in [4.69, 9.17) is 5.73 Å². The van der Waals surface area contributed by atoms with Gasteiger partial charge in [0.25, 0.3) is 0 Å². The van der Waals surface area contributed by atoms with E-state index in [-0.39, 0.29) is 0 Å². The summed E-state index contributed by atoms with van der Waals surface area (Å²) in [5.41, 5.74) is 7.73. The van der Waals surface area contributed by atoms with E-state index in [1.807, 2.05) is 11.3 Å². The fraction of sp³-hybridized carbons (Fsp3) is 0.692. The average Bonchev–Trinajstić information content (AvgIpc) is 2.85. The minimum Gasteiger partial charge on any atom is -0.326 e. The smallest absolute Gasteiger partial charge is 0.0360 e. The van der Waals surface area contributed by atoms with Crippen LogP contribution in [-0.2, 0) is 6.42 Å². The number of hydrogen-bond donors (Lipinski definition) is 1. The first kappa shape index (κ1) is 10.8. The fourth-order valence-electron chi connectivity index (χ4n) is 3.13. The van der Waals surface area contributed by atoms with Crippen molar-refractivity contribution >= 4 is 11.3 Å². The molecule has 16 heavy (non-hydrogen) atoms. The molecular weight excluding hydrogens is 216 g/mol. The van der Waals surface area contributed by atoms with E-state index < -0.39 is 0 Å². The van der Waals surface area contributed by atoms with Crippen LogP contribution in [0.1, 0.15) is 36.2 Å². The second-order valence-electron chi connectivity index (χ2n) is 5.30. The molecule has 1 fully saturated rings. The SMILES string of the molecule is CC1CN(C2CCCc3sccc32)CC1N. The number of fused-ring (bicyclic) bond motifs is 1. The molecule has 1 aromatic rings. The van der Waals surface area contributed by atoms with E-state index in [0.29, 0.717) is 18.0 Å². The number of aryl methyl sites for hydroxylation is 1. The summed E-state index contributed by atoms with van der Waals surface area (Å²) in [6.45, 7) is 4.55. The summed E-state index contributed by atoms with van der Waals surface area (Å²) >= 11 is 1.93. The quantitative estimate of drug-likeness (QED) is 0.811. The lowest BCUT2D eigenvalue weighted by atomic mass is 9.93. The molecule has 1 saturated heterocycles. The summed E-state index contributed by atoms with van der Waals surface area (Å²) in [5, 5.41) is 2.25. The Labute approximate surface area is 101 Å². The molecule has 2 N–H and O–H groups in total. The third kappa shape index (κ3) is 1.71. The minimum absolute atomic E-state index is 0.379. The average molecular weight is 236 g/mol. The summed E-state index contributed by atoms with van der Waals surface area (Å²) in [4.78, 5) is 4.23. The lowest BCUT2D eigenvalue weighted by Gasteiger charge is -2.31. The molecule has 0 radical (unpaired) electrons. The normalized spacial score (nSPS) is 35.2. The first-order valence-corrected chi connectivity index (χ1v) is 7.19. The number of thiophene rings is 1. The van der Waals surface area contributed by atoms with Crippen LogP contribution < -0.4 is 5.73 Å². The number of nitrogens with zero attached hydrogens (tertiary/aromatic N) is 1. The van der Waals surface area contributed by atoms with Gasteiger partial charge in [-0.2, -0.15) is 0 Å². The molecule has 88 valence electrons. The standard InChI is InChI=1S/C13H20N2S/c1-9-7-15(8-11(9)14)12-3-2-4-13-10(12)5-6-16-13/h5-6,9,11-12H,2-4,7-8,14H2,1H3. The van der Waals surface area contributed by atoms with Crippen molar-refractivity contribution in [2.45, 2.75) is 38.3 Å². The van der Waals surface area contributed by atoms with Gasteiger partial charge in [0.1, 0.15) is 0 Å². The third-order valence-electron chi connectivity index (χ3n) is 4.16. The largest absolute Gasteiger partial charge is 0.326 e. The maximum Gasteiger partial charge on any atom is 0.0360 e. The highest BCUT2D eigenvalue weighted by Gasteiger charge is 2.34. The van der Waals surface area contributed by atoms with Crippen LogP contribution in [0.15, 0.2) is 11.4 Å². The van der Waals surface area contributed by atoms with Crippen LogP contribution in [0.2, 0.25) is 0 Å². The molecule has 3 rings (SSSR count). The van der Waals surface area contributed by atoms with Crippen LogP contribution in [0.4, 0.5) is 0 Å². The van der Waals surface area contributed by atoms with E-state index in [0.717, 1.165) is 6.54 Å². The van der Waals surface area contributed by atoms with Gasteiger partial charge in [-0.05, 0) is 42.2 Å². The highest BCUT2D eigenvalue weighted by Crippen LogP contribution is 2.39. The molecule has 3 atom stereocenters. The molecule has 1 aliphatic carbocycles. The van der Waals surface area contributed by atoms with Gasteiger partial charge in [-0.3, -0.25) is 4.90 Å². The molecule has 2 heterocycles. The van der Waals surface area contributed by atoms with Crippen molar-refractivity contribution in [2.24, 2.45) is 11.7 Å². The van der Waals surface area contributed by atoms with E-state index in [1.165, 1.54) is 25.8 Å². The molecule has 0 amide bonds. The second kappa shape index (κ2) is 4.13. The highest BCUT2D eigenvalue weighted by atomic mass is 32.1. The summed E-state index contributed by atoms with van der Waals surface area (Å²) in [6.07, 6.45) is 3.96. The Morgan fingerprint density at radius 3 is 3.06 bits per heavy atom. The van der Waals surface area contributed by atoms with Crippen LogP contribution in [0.5, 0.6) is 0 Å². The Bertz CT molecular complexity index is 364. The van der Waals surface area contributed by atoms with E-state index in [1.54, 1.807) is 10.4 Å². The number of likely N-dealkylation sites (tertiary alicyclic amines) is 1. The Balaban J connectivity index is 1.82. The van der Waals surface area contributed by atoms with Gasteiger partial charge in [0.15, 0.2) is 0 Å². The van der Waals surface area contributed by atoms with Gasteiger partial charge in [-0.25, -0.2) is 0 Å². The maximum absolute atomic E-state index is 6.13. The van der Waals surface area contributed by atoms with Crippen molar-refractivity contribution in [3.8, 4) is 0 Å². The highest BCUT2D eigenvalue weighted by molar-refractivity contribution is 7.10. The van der Waals surface area contributed by atoms with Gasteiger partial charge in [-0.15, -0.1) is 11.3 Å². The van der Waals surface area contributed by atoms with Crippen molar-refractivity contribution in [2.75, 3.05) is 13.1 Å². The van der Waals surface area contributed by atoms with Crippen LogP contribution in [0.25, 0.3) is 0 Å². The van der Waals surface area contributed by atoms with E-state index >= 15 is 0 Å². The van der Waals surface area contributed by atoms with Crippen LogP contribution >= 0.6 is 11.3 Å². The van der Waals surface area contributed by atoms with E-state index in [9.17, 15) is 0 Å². The molecule has 2 aliphatic rings. The zero-order chi connectivity index (χ0) is 11.1. The molecule has 2 nitrogen and oxygen atoms in total. The first-order chi connectivity index (χ1) is 7.75. The molecule has 3 unspecified atom stereocenters. The zero-order valence-electron chi connectivity index (χ0n) is 9.86. The summed E-state index contributed by atoms with van der Waals surface area (Å²) < 4.78 is 0. The van der Waals surface area contributed by atoms with Crippen molar-refractivity contribution in [1.82, 2.24) is 4.90 Å². The minimum atomic E-state index is 0.379. The van der Waals surface area contributed by atoms with Crippen LogP contribution in [0.3, 0.4) is 0 Å². The number of nitrogens with two attached hydrogens (primary N) is 1. The molecule has 0 spiro atoms. The summed E-state index contributed by atoms with van der Waals surface area (Å²) in [5.74, 6) is 0.656. The predicted molar refractivity (Wildman–Crippen MR) is 68.7 cm³/mol. The lowest BCUT2D eigenvalue weighted by molar-refractivity contribution is 0.215. The van der Waals surface area contributed by atoms with Gasteiger partial charge >= 0.3 is 0 Å². The van der Waals surface area contributed by atoms with Crippen molar-refractivity contribution < 1.29 is 0 Å². The van der Waals surface area contributed by atoms with Gasteiger partial charge in [0.2, 0.25) is 0 Å². The number of hydrogen-bond acceptors (Lipinski definition) is 3. The Hall–Kier alpha value is -0.380. The zero-order valence-corrected chi connectivity index (χ0v) is 10.7. The summed E-state index contributed by atoms with van der Waals surface area (Å²) in [6, 6.07) is 3.37. The molecule has 1 aromatic heterocycles. The Morgan fingerprint density at radius 2 is 2.31 bits per heavy atom. The molecule has 1 aliphatic heterocycles. The van der Waals surface area contributed by atoms with Gasteiger partial charge in [-0.1, -0.05) is 6.92 Å². The van der Waals surface area contributed by atoms with Gasteiger partial charge in [0, 0.05) is 30.1 Å². The van der Waals surface area contributed by atoms with Crippen molar-refractivity contribution in [3.05, 3.63) is 21.9 Å². The Morgan fingerprint density at radius 1 is 1.44 bits per heavy atom. The number of rotatable bonds is 1. The van der Waals surface area contributed by atoms with Crippen LogP contribution in [0, 0.1) is 5.92 Å². The monoisotopic (exact) mass is 236 g/mol. The lowest BCUT2D eigenvalue weighted by Crippen LogP contribution is -2.32. The van der Waals surface area contributed by atoms with Gasteiger partial charge < -0.3 is 5.73 Å². The predicted octanol–water partition coefficient (Wildman–Crippen LogP) is 2.40. The molecule has 0 aromatic carbocycles. The fourth-order valence-corrected chi connectivity index (χ4v) is 4.11. The summed E-state index contributed by atoms with van der Waals surface area (Å²) in [7, 11) is 0. The van der Waals surface area contributed by atoms with Crippen molar-refractivity contribution in [3.63, 3.8) is 0 Å². The van der Waals surface area contributed by atoms with Crippen molar-refractivity contribution in [1.29, 1.82) is 0 Å². The van der Waals surface area contributed by atoms with E-state index in [2.05, 4.69) is 23.3 Å². The second-order valence-corrected chi connectivity index (χ2v) is 6.30. The third-order valence-corrected chi connectivity index (χ3v) is 5.16. The first-order valence-electron chi connectivity index (χ1n) is 6.31. The maximum atomic E-state index is 6.13. The van der Waals surface area contributed by atoms with Gasteiger partial charge in [0.05, 0.1) is 0 Å². The molecule has 0 saturated carbocycles. The Kier molecular flexibility index (Phi) is 2.78. The molecular formula is C13H20N2S.